The highest BCUT2D eigenvalue weighted by Crippen LogP contribution is 2.54. The Balaban J connectivity index is 1.84. The fourth-order valence-corrected chi connectivity index (χ4v) is 4.44. The highest BCUT2D eigenvalue weighted by Gasteiger charge is 2.44. The van der Waals surface area contributed by atoms with Gasteiger partial charge >= 0.3 is 0 Å². The van der Waals surface area contributed by atoms with Crippen molar-refractivity contribution >= 4 is 5.69 Å². The van der Waals surface area contributed by atoms with Gasteiger partial charge in [-0.05, 0) is 61.2 Å². The molecular formula is C19H22N2. The second-order valence-corrected chi connectivity index (χ2v) is 6.50. The average molecular weight is 278 g/mol. The van der Waals surface area contributed by atoms with E-state index in [1.54, 1.807) is 0 Å². The van der Waals surface area contributed by atoms with Crippen molar-refractivity contribution in [2.24, 2.45) is 5.92 Å². The number of nitrogen functional groups attached to an aromatic ring is 1. The third-order valence-corrected chi connectivity index (χ3v) is 5.30. The molecule has 2 aromatic carbocycles. The highest BCUT2D eigenvalue weighted by molar-refractivity contribution is 5.49. The molecule has 0 unspecified atom stereocenters. The Morgan fingerprint density at radius 3 is 2.48 bits per heavy atom. The van der Waals surface area contributed by atoms with Crippen LogP contribution in [0.25, 0.3) is 0 Å². The Kier molecular flexibility index (Phi) is 3.00. The number of nitrogens with two attached hydrogens (primary N) is 1. The average Bonchev–Trinajstić information content (AvgIpc) is 2.84. The molecule has 108 valence electrons. The van der Waals surface area contributed by atoms with Gasteiger partial charge in [0.15, 0.2) is 0 Å². The number of hydrogen-bond donors (Lipinski definition) is 1. The molecule has 4 rings (SSSR count). The summed E-state index contributed by atoms with van der Waals surface area (Å²) in [6.45, 7) is 1.21. The molecule has 1 saturated heterocycles. The predicted molar refractivity (Wildman–Crippen MR) is 87.2 cm³/mol. The van der Waals surface area contributed by atoms with E-state index in [4.69, 9.17) is 5.73 Å². The first-order valence-electron chi connectivity index (χ1n) is 7.90. The van der Waals surface area contributed by atoms with Crippen LogP contribution in [0.5, 0.6) is 0 Å². The number of piperidine rings is 1. The lowest BCUT2D eigenvalue weighted by Crippen LogP contribution is -2.34. The van der Waals surface area contributed by atoms with E-state index in [1.165, 1.54) is 36.1 Å². The number of rotatable bonds is 1. The largest absolute Gasteiger partial charge is 0.399 e. The van der Waals surface area contributed by atoms with Gasteiger partial charge in [0.05, 0.1) is 0 Å². The first-order valence-corrected chi connectivity index (χ1v) is 7.90. The van der Waals surface area contributed by atoms with Crippen molar-refractivity contribution in [1.82, 2.24) is 4.90 Å². The number of anilines is 1. The molecule has 0 saturated carbocycles. The summed E-state index contributed by atoms with van der Waals surface area (Å²) in [7, 11) is 2.28. The van der Waals surface area contributed by atoms with Gasteiger partial charge in [-0.25, -0.2) is 0 Å². The van der Waals surface area contributed by atoms with Crippen LogP contribution >= 0.6 is 0 Å². The van der Waals surface area contributed by atoms with Gasteiger partial charge in [0, 0.05) is 17.6 Å². The van der Waals surface area contributed by atoms with Crippen LogP contribution in [0.3, 0.4) is 0 Å². The summed E-state index contributed by atoms with van der Waals surface area (Å²) in [6, 6.07) is 18.1. The molecule has 1 fully saturated rings. The van der Waals surface area contributed by atoms with E-state index in [9.17, 15) is 0 Å². The molecule has 0 radical (unpaired) electrons. The van der Waals surface area contributed by atoms with E-state index in [1.807, 2.05) is 12.1 Å². The molecule has 0 amide bonds. The van der Waals surface area contributed by atoms with E-state index < -0.39 is 0 Å². The zero-order chi connectivity index (χ0) is 14.4. The molecule has 1 aliphatic heterocycles. The molecule has 0 aromatic heterocycles. The smallest absolute Gasteiger partial charge is 0.0385 e. The summed E-state index contributed by atoms with van der Waals surface area (Å²) >= 11 is 0. The van der Waals surface area contributed by atoms with Crippen molar-refractivity contribution in [1.29, 1.82) is 0 Å². The third-order valence-electron chi connectivity index (χ3n) is 5.30. The Labute approximate surface area is 126 Å². The van der Waals surface area contributed by atoms with Crippen molar-refractivity contribution in [3.8, 4) is 0 Å². The summed E-state index contributed by atoms with van der Waals surface area (Å²) < 4.78 is 0. The zero-order valence-electron chi connectivity index (χ0n) is 12.5. The van der Waals surface area contributed by atoms with Crippen LogP contribution in [0.1, 0.15) is 41.5 Å². The van der Waals surface area contributed by atoms with Gasteiger partial charge in [-0.15, -0.1) is 0 Å². The standard InChI is InChI=1S/C19H22N2/c1-21-12-4-7-17-18(13-8-10-14(20)11-9-13)15-5-2-3-6-16(15)19(17)21/h2-3,5-6,8-11,17-19H,4,7,12,20H2,1H3/t17-,18-,19+/m1/s1. The predicted octanol–water partition coefficient (Wildman–Crippen LogP) is 3.80. The molecule has 0 spiro atoms. The Hall–Kier alpha value is -1.80. The maximum atomic E-state index is 5.87. The second-order valence-electron chi connectivity index (χ2n) is 6.50. The summed E-state index contributed by atoms with van der Waals surface area (Å²) in [4.78, 5) is 2.55. The van der Waals surface area contributed by atoms with Crippen molar-refractivity contribution in [3.63, 3.8) is 0 Å². The highest BCUT2D eigenvalue weighted by atomic mass is 15.1. The quantitative estimate of drug-likeness (QED) is 0.804. The Morgan fingerprint density at radius 2 is 1.71 bits per heavy atom. The molecule has 2 N–H and O–H groups in total. The lowest BCUT2D eigenvalue weighted by molar-refractivity contribution is 0.127. The van der Waals surface area contributed by atoms with Crippen LogP contribution in [0, 0.1) is 5.92 Å². The van der Waals surface area contributed by atoms with Crippen LogP contribution < -0.4 is 5.73 Å². The number of benzene rings is 2. The number of fused-ring (bicyclic) bond motifs is 3. The Bertz CT molecular complexity index is 647. The topological polar surface area (TPSA) is 29.3 Å². The van der Waals surface area contributed by atoms with Crippen LogP contribution in [0.15, 0.2) is 48.5 Å². The van der Waals surface area contributed by atoms with E-state index in [0.717, 1.165) is 5.69 Å². The monoisotopic (exact) mass is 278 g/mol. The van der Waals surface area contributed by atoms with Crippen molar-refractivity contribution in [2.45, 2.75) is 24.8 Å². The fourth-order valence-electron chi connectivity index (χ4n) is 4.44. The van der Waals surface area contributed by atoms with Gasteiger partial charge < -0.3 is 5.73 Å². The van der Waals surface area contributed by atoms with Crippen molar-refractivity contribution < 1.29 is 0 Å². The van der Waals surface area contributed by atoms with E-state index in [2.05, 4.69) is 48.3 Å². The van der Waals surface area contributed by atoms with Crippen LogP contribution in [-0.2, 0) is 0 Å². The molecule has 2 heteroatoms. The van der Waals surface area contributed by atoms with Crippen molar-refractivity contribution in [2.75, 3.05) is 19.3 Å². The summed E-state index contributed by atoms with van der Waals surface area (Å²) in [5.74, 6) is 1.22. The fraction of sp³-hybridized carbons (Fsp3) is 0.368. The van der Waals surface area contributed by atoms with Crippen LogP contribution in [0.4, 0.5) is 5.69 Å². The molecule has 0 bridgehead atoms. The number of nitrogens with zero attached hydrogens (tertiary/aromatic N) is 1. The molecular weight excluding hydrogens is 256 g/mol. The second kappa shape index (κ2) is 4.88. The summed E-state index contributed by atoms with van der Waals surface area (Å²) in [5, 5.41) is 0. The molecule has 3 atom stereocenters. The van der Waals surface area contributed by atoms with Crippen LogP contribution in [0.2, 0.25) is 0 Å². The van der Waals surface area contributed by atoms with Crippen LogP contribution in [-0.4, -0.2) is 18.5 Å². The Morgan fingerprint density at radius 1 is 1.00 bits per heavy atom. The maximum absolute atomic E-state index is 5.87. The first-order chi connectivity index (χ1) is 10.3. The van der Waals surface area contributed by atoms with Gasteiger partial charge in [-0.1, -0.05) is 36.4 Å². The summed E-state index contributed by atoms with van der Waals surface area (Å²) in [6.07, 6.45) is 2.62. The SMILES string of the molecule is CN1CCC[C@@H]2[C@H](c3ccc(N)cc3)c3ccccc3[C@@H]21. The minimum absolute atomic E-state index is 0.523. The lowest BCUT2D eigenvalue weighted by Gasteiger charge is -2.37. The molecule has 2 aliphatic rings. The number of likely N-dealkylation sites (tertiary alicyclic amines) is 1. The molecule has 21 heavy (non-hydrogen) atoms. The zero-order valence-corrected chi connectivity index (χ0v) is 12.5. The summed E-state index contributed by atoms with van der Waals surface area (Å²) in [5.41, 5.74) is 11.2. The maximum Gasteiger partial charge on any atom is 0.0385 e. The van der Waals surface area contributed by atoms with Gasteiger partial charge in [0.1, 0.15) is 0 Å². The molecule has 2 nitrogen and oxygen atoms in total. The van der Waals surface area contributed by atoms with E-state index in [0.29, 0.717) is 17.9 Å². The lowest BCUT2D eigenvalue weighted by atomic mass is 9.80. The van der Waals surface area contributed by atoms with Gasteiger partial charge in [-0.3, -0.25) is 4.90 Å². The third kappa shape index (κ3) is 1.97. The molecule has 1 aliphatic carbocycles. The molecule has 1 heterocycles. The normalized spacial score (nSPS) is 28.1. The first kappa shape index (κ1) is 12.9. The number of hydrogen-bond acceptors (Lipinski definition) is 2. The van der Waals surface area contributed by atoms with E-state index in [-0.39, 0.29) is 0 Å². The minimum atomic E-state index is 0.523. The van der Waals surface area contributed by atoms with Gasteiger partial charge in [-0.2, -0.15) is 0 Å². The van der Waals surface area contributed by atoms with E-state index >= 15 is 0 Å². The van der Waals surface area contributed by atoms with Crippen molar-refractivity contribution in [3.05, 3.63) is 65.2 Å². The molecule has 2 aromatic rings. The minimum Gasteiger partial charge on any atom is -0.399 e. The van der Waals surface area contributed by atoms with Gasteiger partial charge in [0.2, 0.25) is 0 Å². The van der Waals surface area contributed by atoms with Gasteiger partial charge in [0.25, 0.3) is 0 Å².